The molecule has 1 aliphatic heterocycles. The van der Waals surface area contributed by atoms with Gasteiger partial charge in [-0.3, -0.25) is 9.69 Å². The fourth-order valence-electron chi connectivity index (χ4n) is 1.32. The van der Waals surface area contributed by atoms with Crippen molar-refractivity contribution in [1.29, 1.82) is 0 Å². The molecule has 6 heteroatoms. The highest BCUT2D eigenvalue weighted by Gasteiger charge is 2.28. The van der Waals surface area contributed by atoms with E-state index in [0.29, 0.717) is 20.8 Å². The molecule has 0 spiro atoms. The van der Waals surface area contributed by atoms with Crippen molar-refractivity contribution in [3.8, 4) is 0 Å². The zero-order valence-electron chi connectivity index (χ0n) is 7.46. The van der Waals surface area contributed by atoms with Gasteiger partial charge in [-0.1, -0.05) is 23.2 Å². The van der Waals surface area contributed by atoms with E-state index >= 15 is 0 Å². The van der Waals surface area contributed by atoms with Crippen molar-refractivity contribution in [3.05, 3.63) is 28.2 Å². The van der Waals surface area contributed by atoms with Crippen LogP contribution in [0.3, 0.4) is 0 Å². The SMILES string of the molecule is O=C1CNC(=S)N1c1cc(Cl)ccc1Cl. The highest BCUT2D eigenvalue weighted by atomic mass is 35.5. The molecule has 0 atom stereocenters. The first-order valence-electron chi connectivity index (χ1n) is 4.15. The fourth-order valence-corrected chi connectivity index (χ4v) is 1.96. The van der Waals surface area contributed by atoms with E-state index in [1.54, 1.807) is 18.2 Å². The third-order valence-electron chi connectivity index (χ3n) is 1.99. The number of benzene rings is 1. The number of thiocarbonyl (C=S) groups is 1. The molecule has 2 rings (SSSR count). The van der Waals surface area contributed by atoms with E-state index < -0.39 is 0 Å². The van der Waals surface area contributed by atoms with Gasteiger partial charge in [0.15, 0.2) is 5.11 Å². The van der Waals surface area contributed by atoms with E-state index in [4.69, 9.17) is 35.4 Å². The maximum absolute atomic E-state index is 11.5. The maximum atomic E-state index is 11.5. The summed E-state index contributed by atoms with van der Waals surface area (Å²) in [5.41, 5.74) is 0.518. The molecular formula is C9H6Cl2N2OS. The molecule has 1 N–H and O–H groups in total. The molecule has 78 valence electrons. The summed E-state index contributed by atoms with van der Waals surface area (Å²) in [5.74, 6) is -0.135. The smallest absolute Gasteiger partial charge is 0.252 e. The van der Waals surface area contributed by atoms with Gasteiger partial charge in [0.1, 0.15) is 0 Å². The van der Waals surface area contributed by atoms with Crippen molar-refractivity contribution < 1.29 is 4.79 Å². The highest BCUT2D eigenvalue weighted by Crippen LogP contribution is 2.30. The van der Waals surface area contributed by atoms with Crippen molar-refractivity contribution in [2.24, 2.45) is 0 Å². The second-order valence-corrected chi connectivity index (χ2v) is 4.21. The third kappa shape index (κ3) is 1.93. The Balaban J connectivity index is 2.48. The summed E-state index contributed by atoms with van der Waals surface area (Å²) in [6.45, 7) is 0.196. The van der Waals surface area contributed by atoms with E-state index in [1.807, 2.05) is 0 Å². The van der Waals surface area contributed by atoms with Crippen LogP contribution in [0.2, 0.25) is 10.0 Å². The Morgan fingerprint density at radius 2 is 2.13 bits per heavy atom. The van der Waals surface area contributed by atoms with E-state index in [1.165, 1.54) is 4.90 Å². The minimum absolute atomic E-state index is 0.135. The number of carbonyl (C=O) groups is 1. The molecule has 1 amide bonds. The first kappa shape index (κ1) is 10.7. The lowest BCUT2D eigenvalue weighted by Crippen LogP contribution is -2.30. The molecule has 1 aromatic rings. The molecular weight excluding hydrogens is 255 g/mol. The zero-order chi connectivity index (χ0) is 11.0. The molecule has 0 radical (unpaired) electrons. The monoisotopic (exact) mass is 260 g/mol. The number of halogens is 2. The Bertz CT molecular complexity index is 434. The van der Waals surface area contributed by atoms with Gasteiger partial charge < -0.3 is 5.32 Å². The molecule has 1 saturated heterocycles. The lowest BCUT2D eigenvalue weighted by atomic mass is 10.3. The molecule has 1 aliphatic rings. The molecule has 3 nitrogen and oxygen atoms in total. The number of nitrogens with zero attached hydrogens (tertiary/aromatic N) is 1. The van der Waals surface area contributed by atoms with Gasteiger partial charge in [-0.25, -0.2) is 0 Å². The van der Waals surface area contributed by atoms with Crippen LogP contribution in [-0.4, -0.2) is 17.6 Å². The fraction of sp³-hybridized carbons (Fsp3) is 0.111. The Morgan fingerprint density at radius 3 is 2.73 bits per heavy atom. The summed E-state index contributed by atoms with van der Waals surface area (Å²) in [7, 11) is 0. The molecule has 1 aromatic carbocycles. The number of hydrogen-bond acceptors (Lipinski definition) is 2. The van der Waals surface area contributed by atoms with Gasteiger partial charge >= 0.3 is 0 Å². The highest BCUT2D eigenvalue weighted by molar-refractivity contribution is 7.80. The van der Waals surface area contributed by atoms with Crippen molar-refractivity contribution >= 4 is 52.1 Å². The van der Waals surface area contributed by atoms with Gasteiger partial charge in [-0.05, 0) is 30.4 Å². The first-order chi connectivity index (χ1) is 7.09. The Kier molecular flexibility index (Phi) is 2.82. The van der Waals surface area contributed by atoms with Crippen LogP contribution in [0.15, 0.2) is 18.2 Å². The van der Waals surface area contributed by atoms with Crippen LogP contribution < -0.4 is 10.2 Å². The van der Waals surface area contributed by atoms with Gasteiger partial charge in [0.05, 0.1) is 17.3 Å². The normalized spacial score (nSPS) is 15.7. The van der Waals surface area contributed by atoms with Gasteiger partial charge in [0.2, 0.25) is 0 Å². The molecule has 1 heterocycles. The Hall–Kier alpha value is -0.840. The number of hydrogen-bond donors (Lipinski definition) is 1. The average Bonchev–Trinajstić information content (AvgIpc) is 2.51. The topological polar surface area (TPSA) is 32.3 Å². The standard InChI is InChI=1S/C9H6Cl2N2OS/c10-5-1-2-6(11)7(3-5)13-8(14)4-12-9(13)15/h1-3H,4H2,(H,12,15). The molecule has 1 fully saturated rings. The predicted molar refractivity (Wildman–Crippen MR) is 64.5 cm³/mol. The zero-order valence-corrected chi connectivity index (χ0v) is 9.79. The van der Waals surface area contributed by atoms with Crippen LogP contribution in [0.25, 0.3) is 0 Å². The summed E-state index contributed by atoms with van der Waals surface area (Å²) >= 11 is 16.8. The predicted octanol–water partition coefficient (Wildman–Crippen LogP) is 2.21. The maximum Gasteiger partial charge on any atom is 0.252 e. The summed E-state index contributed by atoms with van der Waals surface area (Å²) in [5, 5.41) is 4.08. The molecule has 0 aromatic heterocycles. The summed E-state index contributed by atoms with van der Waals surface area (Å²) in [4.78, 5) is 12.9. The first-order valence-corrected chi connectivity index (χ1v) is 5.32. The van der Waals surface area contributed by atoms with E-state index in [2.05, 4.69) is 5.32 Å². The second kappa shape index (κ2) is 3.96. The molecule has 0 unspecified atom stereocenters. The van der Waals surface area contributed by atoms with Gasteiger partial charge in [0.25, 0.3) is 5.91 Å². The van der Waals surface area contributed by atoms with Crippen LogP contribution in [-0.2, 0) is 4.79 Å². The molecule has 0 aliphatic carbocycles. The van der Waals surface area contributed by atoms with Gasteiger partial charge in [0, 0.05) is 5.02 Å². The summed E-state index contributed by atoms with van der Waals surface area (Å²) < 4.78 is 0. The second-order valence-electron chi connectivity index (χ2n) is 2.98. The van der Waals surface area contributed by atoms with Crippen LogP contribution >= 0.6 is 35.4 Å². The van der Waals surface area contributed by atoms with Gasteiger partial charge in [-0.2, -0.15) is 0 Å². The molecule has 0 saturated carbocycles. The average molecular weight is 261 g/mol. The quantitative estimate of drug-likeness (QED) is 0.787. The summed E-state index contributed by atoms with van der Waals surface area (Å²) in [6, 6.07) is 4.90. The lowest BCUT2D eigenvalue weighted by Gasteiger charge is -2.16. The van der Waals surface area contributed by atoms with E-state index in [9.17, 15) is 4.79 Å². The molecule has 0 bridgehead atoms. The third-order valence-corrected chi connectivity index (χ3v) is 2.87. The minimum atomic E-state index is -0.135. The van der Waals surface area contributed by atoms with E-state index in [-0.39, 0.29) is 12.5 Å². The summed E-state index contributed by atoms with van der Waals surface area (Å²) in [6.07, 6.45) is 0. The van der Waals surface area contributed by atoms with Crippen LogP contribution in [0.1, 0.15) is 0 Å². The van der Waals surface area contributed by atoms with Crippen molar-refractivity contribution in [2.45, 2.75) is 0 Å². The van der Waals surface area contributed by atoms with Crippen molar-refractivity contribution in [3.63, 3.8) is 0 Å². The van der Waals surface area contributed by atoms with Crippen molar-refractivity contribution in [1.82, 2.24) is 5.32 Å². The largest absolute Gasteiger partial charge is 0.353 e. The van der Waals surface area contributed by atoms with Crippen LogP contribution in [0.5, 0.6) is 0 Å². The van der Waals surface area contributed by atoms with Gasteiger partial charge in [-0.15, -0.1) is 0 Å². The number of carbonyl (C=O) groups excluding carboxylic acids is 1. The van der Waals surface area contributed by atoms with Crippen LogP contribution in [0, 0.1) is 0 Å². The Labute approximate surface area is 102 Å². The van der Waals surface area contributed by atoms with E-state index in [0.717, 1.165) is 0 Å². The molecule has 15 heavy (non-hydrogen) atoms. The lowest BCUT2D eigenvalue weighted by molar-refractivity contribution is -0.115. The minimum Gasteiger partial charge on any atom is -0.353 e. The Morgan fingerprint density at radius 1 is 1.40 bits per heavy atom. The number of rotatable bonds is 1. The number of nitrogens with one attached hydrogen (secondary N) is 1. The van der Waals surface area contributed by atoms with Crippen LogP contribution in [0.4, 0.5) is 5.69 Å². The number of anilines is 1. The number of amides is 1. The van der Waals surface area contributed by atoms with Crippen molar-refractivity contribution in [2.75, 3.05) is 11.4 Å².